The van der Waals surface area contributed by atoms with E-state index >= 15 is 0 Å². The average Bonchev–Trinajstić information content (AvgIpc) is 2.83. The van der Waals surface area contributed by atoms with Crippen LogP contribution in [0.2, 0.25) is 10.0 Å². The molecular formula is C13H12Cl2N2O2. The lowest BCUT2D eigenvalue weighted by molar-refractivity contribution is 0.0520. The quantitative estimate of drug-likeness (QED) is 0.879. The highest BCUT2D eigenvalue weighted by molar-refractivity contribution is 6.36. The van der Waals surface area contributed by atoms with Gasteiger partial charge in [0.2, 0.25) is 0 Å². The van der Waals surface area contributed by atoms with E-state index in [4.69, 9.17) is 27.9 Å². The Hall–Kier alpha value is -1.52. The van der Waals surface area contributed by atoms with Gasteiger partial charge in [-0.05, 0) is 24.6 Å². The van der Waals surface area contributed by atoms with Crippen molar-refractivity contribution in [3.05, 3.63) is 51.5 Å². The third-order valence-corrected chi connectivity index (χ3v) is 3.24. The number of hydrogen-bond donors (Lipinski definition) is 1. The van der Waals surface area contributed by atoms with Gasteiger partial charge in [-0.1, -0.05) is 29.3 Å². The van der Waals surface area contributed by atoms with Gasteiger partial charge in [-0.2, -0.15) is 0 Å². The van der Waals surface area contributed by atoms with Crippen molar-refractivity contribution in [2.75, 3.05) is 6.61 Å². The third kappa shape index (κ3) is 3.28. The van der Waals surface area contributed by atoms with Crippen molar-refractivity contribution in [1.29, 1.82) is 0 Å². The maximum absolute atomic E-state index is 11.5. The van der Waals surface area contributed by atoms with Crippen LogP contribution < -0.4 is 0 Å². The molecule has 0 amide bonds. The van der Waals surface area contributed by atoms with Crippen molar-refractivity contribution in [1.82, 2.24) is 9.97 Å². The zero-order valence-electron chi connectivity index (χ0n) is 10.2. The van der Waals surface area contributed by atoms with Gasteiger partial charge in [-0.25, -0.2) is 9.78 Å². The van der Waals surface area contributed by atoms with Crippen molar-refractivity contribution in [2.24, 2.45) is 0 Å². The van der Waals surface area contributed by atoms with E-state index in [1.807, 2.05) is 0 Å². The summed E-state index contributed by atoms with van der Waals surface area (Å²) in [5.74, 6) is 0.185. The van der Waals surface area contributed by atoms with Gasteiger partial charge >= 0.3 is 5.97 Å². The van der Waals surface area contributed by atoms with E-state index in [2.05, 4.69) is 9.97 Å². The Balaban J connectivity index is 2.18. The summed E-state index contributed by atoms with van der Waals surface area (Å²) in [7, 11) is 0. The standard InChI is InChI=1S/C13H12Cl2N2O2/c1-2-19-13(18)11-7-16-12(17-11)6-8-9(14)4-3-5-10(8)15/h3-5,7H,2,6H2,1H3,(H,16,17). The van der Waals surface area contributed by atoms with Crippen LogP contribution in [0.25, 0.3) is 0 Å². The van der Waals surface area contributed by atoms with E-state index in [-0.39, 0.29) is 0 Å². The molecule has 4 nitrogen and oxygen atoms in total. The van der Waals surface area contributed by atoms with E-state index in [9.17, 15) is 4.79 Å². The van der Waals surface area contributed by atoms with Gasteiger partial charge in [0.1, 0.15) is 11.5 Å². The van der Waals surface area contributed by atoms with Crippen LogP contribution >= 0.6 is 23.2 Å². The Bertz CT molecular complexity index is 576. The Morgan fingerprint density at radius 3 is 2.68 bits per heavy atom. The van der Waals surface area contributed by atoms with Gasteiger partial charge in [-0.15, -0.1) is 0 Å². The number of carbonyl (C=O) groups excluding carboxylic acids is 1. The first-order valence-corrected chi connectivity index (χ1v) is 6.51. The maximum atomic E-state index is 11.5. The number of halogens is 2. The molecule has 0 saturated carbocycles. The van der Waals surface area contributed by atoms with Crippen molar-refractivity contribution in [2.45, 2.75) is 13.3 Å². The molecule has 19 heavy (non-hydrogen) atoms. The van der Waals surface area contributed by atoms with Gasteiger partial charge < -0.3 is 9.72 Å². The van der Waals surface area contributed by atoms with Crippen LogP contribution in [-0.4, -0.2) is 22.5 Å². The van der Waals surface area contributed by atoms with Gasteiger partial charge in [-0.3, -0.25) is 0 Å². The minimum absolute atomic E-state index is 0.319. The van der Waals surface area contributed by atoms with Crippen LogP contribution in [0.3, 0.4) is 0 Å². The Labute approximate surface area is 120 Å². The second kappa shape index (κ2) is 6.08. The van der Waals surface area contributed by atoms with Gasteiger partial charge in [0.05, 0.1) is 12.8 Å². The number of carbonyl (C=O) groups is 1. The number of nitrogens with zero attached hydrogens (tertiary/aromatic N) is 1. The van der Waals surface area contributed by atoms with Crippen molar-refractivity contribution < 1.29 is 9.53 Å². The maximum Gasteiger partial charge on any atom is 0.356 e. The SMILES string of the molecule is CCOC(=O)c1cnc(Cc2c(Cl)cccc2Cl)[nH]1. The lowest BCUT2D eigenvalue weighted by Crippen LogP contribution is -2.05. The van der Waals surface area contributed by atoms with Crippen LogP contribution in [0.4, 0.5) is 0 Å². The summed E-state index contributed by atoms with van der Waals surface area (Å²) in [4.78, 5) is 18.5. The second-order valence-electron chi connectivity index (χ2n) is 3.84. The topological polar surface area (TPSA) is 55.0 Å². The smallest absolute Gasteiger partial charge is 0.356 e. The molecule has 1 heterocycles. The van der Waals surface area contributed by atoms with Gasteiger partial charge in [0, 0.05) is 16.5 Å². The molecule has 0 radical (unpaired) electrons. The summed E-state index contributed by atoms with van der Waals surface area (Å²) in [6, 6.07) is 5.30. The van der Waals surface area contributed by atoms with E-state index in [1.165, 1.54) is 6.20 Å². The molecule has 0 atom stereocenters. The number of imidazole rings is 1. The molecule has 0 aliphatic heterocycles. The van der Waals surface area contributed by atoms with Crippen LogP contribution in [0, 0.1) is 0 Å². The average molecular weight is 299 g/mol. The van der Waals surface area contributed by atoms with E-state index in [0.717, 1.165) is 5.56 Å². The highest BCUT2D eigenvalue weighted by Crippen LogP contribution is 2.26. The fraction of sp³-hybridized carbons (Fsp3) is 0.231. The van der Waals surface area contributed by atoms with E-state index < -0.39 is 5.97 Å². The number of esters is 1. The molecule has 0 saturated heterocycles. The van der Waals surface area contributed by atoms with E-state index in [1.54, 1.807) is 25.1 Å². The first-order chi connectivity index (χ1) is 9.11. The zero-order chi connectivity index (χ0) is 13.8. The predicted molar refractivity (Wildman–Crippen MR) is 73.8 cm³/mol. The normalized spacial score (nSPS) is 10.5. The predicted octanol–water partition coefficient (Wildman–Crippen LogP) is 3.48. The summed E-state index contributed by atoms with van der Waals surface area (Å²) in [6.45, 7) is 2.07. The van der Waals surface area contributed by atoms with Crippen LogP contribution in [-0.2, 0) is 11.2 Å². The summed E-state index contributed by atoms with van der Waals surface area (Å²) in [5, 5.41) is 1.14. The number of ether oxygens (including phenoxy) is 1. The number of aromatic amines is 1. The summed E-state index contributed by atoms with van der Waals surface area (Å²) >= 11 is 12.2. The molecular weight excluding hydrogens is 287 g/mol. The Morgan fingerprint density at radius 2 is 2.05 bits per heavy atom. The van der Waals surface area contributed by atoms with Crippen molar-refractivity contribution in [3.8, 4) is 0 Å². The molecule has 0 unspecified atom stereocenters. The number of H-pyrrole nitrogens is 1. The molecule has 0 spiro atoms. The molecule has 0 bridgehead atoms. The zero-order valence-corrected chi connectivity index (χ0v) is 11.8. The number of rotatable bonds is 4. The minimum Gasteiger partial charge on any atom is -0.461 e. The minimum atomic E-state index is -0.425. The lowest BCUT2D eigenvalue weighted by Gasteiger charge is -2.04. The van der Waals surface area contributed by atoms with Crippen molar-refractivity contribution >= 4 is 29.2 Å². The monoisotopic (exact) mass is 298 g/mol. The third-order valence-electron chi connectivity index (χ3n) is 2.53. The first kappa shape index (κ1) is 13.9. The molecule has 0 aliphatic rings. The van der Waals surface area contributed by atoms with E-state index in [0.29, 0.717) is 34.6 Å². The molecule has 1 N–H and O–H groups in total. The highest BCUT2D eigenvalue weighted by atomic mass is 35.5. The molecule has 1 aromatic heterocycles. The molecule has 1 aromatic carbocycles. The Morgan fingerprint density at radius 1 is 1.37 bits per heavy atom. The molecule has 0 fully saturated rings. The molecule has 2 rings (SSSR count). The van der Waals surface area contributed by atoms with Crippen LogP contribution in [0.5, 0.6) is 0 Å². The lowest BCUT2D eigenvalue weighted by atomic mass is 10.1. The summed E-state index contributed by atoms with van der Waals surface area (Å²) < 4.78 is 4.88. The van der Waals surface area contributed by atoms with Gasteiger partial charge in [0.25, 0.3) is 0 Å². The van der Waals surface area contributed by atoms with Crippen molar-refractivity contribution in [3.63, 3.8) is 0 Å². The largest absolute Gasteiger partial charge is 0.461 e. The Kier molecular flexibility index (Phi) is 4.45. The number of nitrogens with one attached hydrogen (secondary N) is 1. The fourth-order valence-electron chi connectivity index (χ4n) is 1.63. The summed E-state index contributed by atoms with van der Waals surface area (Å²) in [6.07, 6.45) is 1.87. The number of aromatic nitrogens is 2. The van der Waals surface area contributed by atoms with Gasteiger partial charge in [0.15, 0.2) is 0 Å². The summed E-state index contributed by atoms with van der Waals surface area (Å²) in [5.41, 5.74) is 1.09. The van der Waals surface area contributed by atoms with Crippen LogP contribution in [0.15, 0.2) is 24.4 Å². The number of benzene rings is 1. The molecule has 6 heteroatoms. The first-order valence-electron chi connectivity index (χ1n) is 5.75. The van der Waals surface area contributed by atoms with Crippen LogP contribution in [0.1, 0.15) is 28.8 Å². The molecule has 2 aromatic rings. The molecule has 100 valence electrons. The highest BCUT2D eigenvalue weighted by Gasteiger charge is 2.13. The molecule has 0 aliphatic carbocycles. The fourth-order valence-corrected chi connectivity index (χ4v) is 2.16. The number of hydrogen-bond acceptors (Lipinski definition) is 3. The second-order valence-corrected chi connectivity index (χ2v) is 4.66.